The summed E-state index contributed by atoms with van der Waals surface area (Å²) >= 11 is 1.90. The van der Waals surface area contributed by atoms with Crippen LogP contribution in [-0.4, -0.2) is 50.6 Å². The molecule has 1 saturated heterocycles. The van der Waals surface area contributed by atoms with Crippen molar-refractivity contribution >= 4 is 52.5 Å². The van der Waals surface area contributed by atoms with Crippen LogP contribution in [0.3, 0.4) is 0 Å². The van der Waals surface area contributed by atoms with E-state index in [-0.39, 0.29) is 6.54 Å². The third-order valence-corrected chi connectivity index (χ3v) is 8.59. The maximum atomic E-state index is 13.1. The first-order valence-corrected chi connectivity index (χ1v) is 12.4. The molecule has 0 radical (unpaired) electrons. The number of carbonyl (C=O) groups excluding carboxylic acids is 4. The first kappa shape index (κ1) is 23.8. The number of likely N-dealkylation sites (tertiary alicyclic amines) is 1. The zero-order chi connectivity index (χ0) is 25.6. The fourth-order valence-corrected chi connectivity index (χ4v) is 7.18. The lowest BCUT2D eigenvalue weighted by atomic mass is 9.84. The second-order valence-corrected chi connectivity index (χ2v) is 10.2. The molecule has 2 aliphatic rings. The van der Waals surface area contributed by atoms with E-state index in [9.17, 15) is 24.0 Å². The largest absolute Gasteiger partial charge is 0.497 e. The molecule has 4 heterocycles. The normalized spacial score (nSPS) is 20.6. The summed E-state index contributed by atoms with van der Waals surface area (Å²) < 4.78 is 6.39. The number of hydrogen-bond acceptors (Lipinski definition) is 9. The SMILES string of the molecule is COc1ccc(NC(=O)Cn2c3c(sc2=O)[C@@H](c2cccnc2)C2C(=O)N(C(N)=O)C(=O)C2S3)cc1. The van der Waals surface area contributed by atoms with Crippen molar-refractivity contribution in [2.75, 3.05) is 12.4 Å². The molecule has 0 spiro atoms. The summed E-state index contributed by atoms with van der Waals surface area (Å²) in [5.41, 5.74) is 6.45. The van der Waals surface area contributed by atoms with Crippen LogP contribution < -0.4 is 20.7 Å². The van der Waals surface area contributed by atoms with Gasteiger partial charge in [-0.3, -0.25) is 28.7 Å². The Balaban J connectivity index is 1.52. The number of thiazole rings is 1. The number of nitrogens with zero attached hydrogens (tertiary/aromatic N) is 3. The number of urea groups is 1. The third kappa shape index (κ3) is 3.95. The first-order valence-electron chi connectivity index (χ1n) is 10.7. The van der Waals surface area contributed by atoms with Crippen LogP contribution in [0.25, 0.3) is 0 Å². The number of carbonyl (C=O) groups is 4. The number of fused-ring (bicyclic) bond motifs is 2. The zero-order valence-corrected chi connectivity index (χ0v) is 20.4. The number of amides is 5. The number of ether oxygens (including phenoxy) is 1. The summed E-state index contributed by atoms with van der Waals surface area (Å²) in [5.74, 6) is -2.92. The molecular formula is C23H19N5O6S2. The van der Waals surface area contributed by atoms with E-state index in [0.29, 0.717) is 31.8 Å². The Hall–Kier alpha value is -3.97. The highest BCUT2D eigenvalue weighted by Gasteiger charge is 2.57. The van der Waals surface area contributed by atoms with E-state index in [0.717, 1.165) is 23.1 Å². The summed E-state index contributed by atoms with van der Waals surface area (Å²) in [5, 5.41) is 2.15. The molecule has 1 fully saturated rings. The number of nitrogens with two attached hydrogens (primary N) is 1. The van der Waals surface area contributed by atoms with Gasteiger partial charge in [0.15, 0.2) is 0 Å². The summed E-state index contributed by atoms with van der Waals surface area (Å²) in [4.78, 5) is 68.5. The van der Waals surface area contributed by atoms with Crippen LogP contribution in [-0.2, 0) is 20.9 Å². The molecule has 5 rings (SSSR count). The number of nitrogens with one attached hydrogen (secondary N) is 1. The lowest BCUT2D eigenvalue weighted by Gasteiger charge is -2.30. The number of anilines is 1. The van der Waals surface area contributed by atoms with Gasteiger partial charge in [-0.15, -0.1) is 0 Å². The van der Waals surface area contributed by atoms with Crippen molar-refractivity contribution in [3.8, 4) is 5.75 Å². The van der Waals surface area contributed by atoms with Crippen molar-refractivity contribution in [3.63, 3.8) is 0 Å². The summed E-state index contributed by atoms with van der Waals surface area (Å²) in [6, 6.07) is 8.99. The fourth-order valence-electron chi connectivity index (χ4n) is 4.41. The Morgan fingerprint density at radius 3 is 2.53 bits per heavy atom. The van der Waals surface area contributed by atoms with Gasteiger partial charge in [-0.25, -0.2) is 4.79 Å². The summed E-state index contributed by atoms with van der Waals surface area (Å²) in [6.45, 7) is -0.303. The predicted octanol–water partition coefficient (Wildman–Crippen LogP) is 1.62. The van der Waals surface area contributed by atoms with Gasteiger partial charge in [-0.05, 0) is 35.9 Å². The van der Waals surface area contributed by atoms with Crippen LogP contribution in [0.4, 0.5) is 10.5 Å². The molecule has 5 amide bonds. The summed E-state index contributed by atoms with van der Waals surface area (Å²) in [6.07, 6.45) is 3.12. The Labute approximate surface area is 212 Å². The second-order valence-electron chi connectivity index (χ2n) is 8.08. The molecule has 3 atom stereocenters. The number of thioether (sulfide) groups is 1. The van der Waals surface area contributed by atoms with Crippen molar-refractivity contribution in [1.29, 1.82) is 0 Å². The second kappa shape index (κ2) is 9.24. The topological polar surface area (TPSA) is 154 Å². The third-order valence-electron chi connectivity index (χ3n) is 5.99. The zero-order valence-electron chi connectivity index (χ0n) is 18.7. The highest BCUT2D eigenvalue weighted by molar-refractivity contribution is 8.00. The number of pyridine rings is 1. The maximum absolute atomic E-state index is 13.1. The standard InChI is InChI=1S/C23H19N5O6S2/c1-34-13-6-4-12(5-7-13)26-14(29)10-27-21-18(36-23(27)33)15(11-3-2-8-25-9-11)16-17(35-21)20(31)28(19(16)30)22(24)32/h2-9,15-17H,10H2,1H3,(H2,24,32)(H,26,29)/t15-,16?,17?/m0/s1. The van der Waals surface area contributed by atoms with Crippen LogP contribution in [0.2, 0.25) is 0 Å². The number of rotatable bonds is 5. The molecule has 184 valence electrons. The van der Waals surface area contributed by atoms with Crippen LogP contribution in [0.15, 0.2) is 58.6 Å². The average Bonchev–Trinajstić information content (AvgIpc) is 3.31. The molecule has 11 nitrogen and oxygen atoms in total. The minimum absolute atomic E-state index is 0.303. The van der Waals surface area contributed by atoms with Gasteiger partial charge in [0.1, 0.15) is 17.5 Å². The first-order chi connectivity index (χ1) is 17.3. The molecule has 0 saturated carbocycles. The van der Waals surface area contributed by atoms with Gasteiger partial charge < -0.3 is 15.8 Å². The monoisotopic (exact) mass is 525 g/mol. The van der Waals surface area contributed by atoms with E-state index in [1.165, 1.54) is 11.7 Å². The molecule has 2 unspecified atom stereocenters. The van der Waals surface area contributed by atoms with Gasteiger partial charge in [0, 0.05) is 28.9 Å². The number of methoxy groups -OCH3 is 1. The van der Waals surface area contributed by atoms with Crippen LogP contribution in [0.1, 0.15) is 16.4 Å². The van der Waals surface area contributed by atoms with Gasteiger partial charge in [0.05, 0.1) is 18.1 Å². The molecule has 0 bridgehead atoms. The van der Waals surface area contributed by atoms with Crippen LogP contribution in [0.5, 0.6) is 5.75 Å². The number of benzene rings is 1. The predicted molar refractivity (Wildman–Crippen MR) is 131 cm³/mol. The van der Waals surface area contributed by atoms with Crippen molar-refractivity contribution in [3.05, 3.63) is 68.9 Å². The minimum atomic E-state index is -1.15. The molecular weight excluding hydrogens is 506 g/mol. The molecule has 36 heavy (non-hydrogen) atoms. The highest BCUT2D eigenvalue weighted by atomic mass is 32.2. The van der Waals surface area contributed by atoms with Crippen LogP contribution >= 0.6 is 23.1 Å². The maximum Gasteiger partial charge on any atom is 0.328 e. The Morgan fingerprint density at radius 1 is 1.14 bits per heavy atom. The Morgan fingerprint density at radius 2 is 1.89 bits per heavy atom. The van der Waals surface area contributed by atoms with Gasteiger partial charge in [0.25, 0.3) is 5.91 Å². The van der Waals surface area contributed by atoms with E-state index >= 15 is 0 Å². The van der Waals surface area contributed by atoms with Gasteiger partial charge >= 0.3 is 10.9 Å². The number of imide groups is 3. The number of aromatic nitrogens is 2. The average molecular weight is 526 g/mol. The highest BCUT2D eigenvalue weighted by Crippen LogP contribution is 2.53. The smallest absolute Gasteiger partial charge is 0.328 e. The molecule has 13 heteroatoms. The van der Waals surface area contributed by atoms with Crippen molar-refractivity contribution < 1.29 is 23.9 Å². The molecule has 3 aromatic rings. The van der Waals surface area contributed by atoms with E-state index in [2.05, 4.69) is 10.3 Å². The molecule has 2 aromatic heterocycles. The van der Waals surface area contributed by atoms with Gasteiger partial charge in [-0.2, -0.15) is 4.90 Å². The fraction of sp³-hybridized carbons (Fsp3) is 0.217. The molecule has 2 aliphatic heterocycles. The quantitative estimate of drug-likeness (QED) is 0.477. The van der Waals surface area contributed by atoms with E-state index in [1.807, 2.05) is 0 Å². The molecule has 1 aromatic carbocycles. The van der Waals surface area contributed by atoms with Gasteiger partial charge in [-0.1, -0.05) is 29.2 Å². The van der Waals surface area contributed by atoms with E-state index in [1.54, 1.807) is 48.8 Å². The lowest BCUT2D eigenvalue weighted by molar-refractivity contribution is -0.135. The number of primary amides is 1. The number of hydrogen-bond donors (Lipinski definition) is 2. The van der Waals surface area contributed by atoms with E-state index < -0.39 is 45.7 Å². The lowest BCUT2D eigenvalue weighted by Crippen LogP contribution is -2.41. The molecule has 3 N–H and O–H groups in total. The van der Waals surface area contributed by atoms with Gasteiger partial charge in [0.2, 0.25) is 11.8 Å². The van der Waals surface area contributed by atoms with Crippen LogP contribution in [0, 0.1) is 5.92 Å². The molecule has 0 aliphatic carbocycles. The van der Waals surface area contributed by atoms with Crippen molar-refractivity contribution in [2.45, 2.75) is 22.7 Å². The Bertz CT molecular complexity index is 1440. The minimum Gasteiger partial charge on any atom is -0.497 e. The van der Waals surface area contributed by atoms with Crippen molar-refractivity contribution in [1.82, 2.24) is 14.5 Å². The Kier molecular flexibility index (Phi) is 6.10. The summed E-state index contributed by atoms with van der Waals surface area (Å²) in [7, 11) is 1.53. The van der Waals surface area contributed by atoms with Crippen molar-refractivity contribution in [2.24, 2.45) is 11.7 Å². The van der Waals surface area contributed by atoms with E-state index in [4.69, 9.17) is 10.5 Å².